The molecule has 2 aromatic rings. The molecule has 3 fully saturated rings. The van der Waals surface area contributed by atoms with Gasteiger partial charge in [-0.3, -0.25) is 0 Å². The zero-order valence-corrected chi connectivity index (χ0v) is 16.6. The lowest BCUT2D eigenvalue weighted by Gasteiger charge is -2.26. The van der Waals surface area contributed by atoms with Gasteiger partial charge in [0.1, 0.15) is 11.6 Å². The van der Waals surface area contributed by atoms with Gasteiger partial charge in [0.15, 0.2) is 0 Å². The summed E-state index contributed by atoms with van der Waals surface area (Å²) in [5, 5.41) is 3.47. The number of rotatable bonds is 5. The summed E-state index contributed by atoms with van der Waals surface area (Å²) in [6, 6.07) is 6.92. The van der Waals surface area contributed by atoms with Crippen LogP contribution in [-0.4, -0.2) is 40.8 Å². The van der Waals surface area contributed by atoms with Crippen LogP contribution in [0, 0.1) is 0 Å². The number of anilines is 3. The first-order valence-corrected chi connectivity index (χ1v) is 10.7. The van der Waals surface area contributed by atoms with Gasteiger partial charge in [-0.15, -0.1) is 0 Å². The van der Waals surface area contributed by atoms with Gasteiger partial charge in [0.25, 0.3) is 0 Å². The van der Waals surface area contributed by atoms with E-state index in [0.29, 0.717) is 17.9 Å². The topological polar surface area (TPSA) is 63.2 Å². The summed E-state index contributed by atoms with van der Waals surface area (Å²) in [5.74, 6) is 3.75. The maximum atomic E-state index is 5.56. The van der Waals surface area contributed by atoms with Gasteiger partial charge in [0.05, 0.1) is 5.69 Å². The molecule has 2 saturated heterocycles. The van der Waals surface area contributed by atoms with E-state index in [1.165, 1.54) is 31.2 Å². The molecule has 4 heterocycles. The van der Waals surface area contributed by atoms with Crippen molar-refractivity contribution in [3.8, 4) is 0 Å². The molecule has 1 N–H and O–H groups in total. The van der Waals surface area contributed by atoms with Crippen LogP contribution in [0.4, 0.5) is 17.6 Å². The quantitative estimate of drug-likeness (QED) is 0.832. The number of pyridine rings is 1. The number of nitrogens with one attached hydrogen (secondary N) is 1. The summed E-state index contributed by atoms with van der Waals surface area (Å²) in [4.78, 5) is 16.7. The average molecular weight is 380 g/mol. The first-order chi connectivity index (χ1) is 13.8. The highest BCUT2D eigenvalue weighted by Gasteiger charge is 2.26. The third-order valence-corrected chi connectivity index (χ3v) is 6.27. The Labute approximate surface area is 166 Å². The monoisotopic (exact) mass is 379 g/mol. The molecule has 3 aliphatic rings. The number of hydrogen-bond donors (Lipinski definition) is 1. The Bertz CT molecular complexity index is 831. The zero-order chi connectivity index (χ0) is 18.9. The second-order valence-electron chi connectivity index (χ2n) is 8.42. The van der Waals surface area contributed by atoms with Gasteiger partial charge in [-0.2, -0.15) is 4.98 Å². The standard InChI is InChI=1S/C22H29N5O/c1-15-3-2-10-27(15)22-24-19(17-7-11-28-12-8-17)14-21(26-22)25-20-13-18(6-9-23-20)16-4-5-16/h6,9,13-17H,2-5,7-8,10-12H2,1H3,(H,23,24,25,26)/t15-/m1/s1. The maximum absolute atomic E-state index is 5.56. The summed E-state index contributed by atoms with van der Waals surface area (Å²) in [6.07, 6.45) is 8.96. The highest BCUT2D eigenvalue weighted by molar-refractivity contribution is 5.56. The summed E-state index contributed by atoms with van der Waals surface area (Å²) in [7, 11) is 0. The van der Waals surface area contributed by atoms with Crippen LogP contribution in [0.25, 0.3) is 0 Å². The second kappa shape index (κ2) is 7.66. The van der Waals surface area contributed by atoms with Gasteiger partial charge < -0.3 is 15.0 Å². The fraction of sp³-hybridized carbons (Fsp3) is 0.591. The van der Waals surface area contributed by atoms with Crippen LogP contribution in [0.2, 0.25) is 0 Å². The van der Waals surface area contributed by atoms with E-state index in [0.717, 1.165) is 55.9 Å². The molecule has 0 spiro atoms. The van der Waals surface area contributed by atoms with E-state index in [1.807, 2.05) is 6.20 Å². The van der Waals surface area contributed by atoms with E-state index in [1.54, 1.807) is 0 Å². The van der Waals surface area contributed by atoms with Crippen LogP contribution < -0.4 is 10.2 Å². The van der Waals surface area contributed by atoms with Gasteiger partial charge in [-0.25, -0.2) is 9.97 Å². The Balaban J connectivity index is 1.46. The van der Waals surface area contributed by atoms with Crippen molar-refractivity contribution in [2.75, 3.05) is 30.0 Å². The van der Waals surface area contributed by atoms with Gasteiger partial charge in [-0.1, -0.05) is 0 Å². The molecule has 2 aromatic heterocycles. The Morgan fingerprint density at radius 3 is 2.61 bits per heavy atom. The van der Waals surface area contributed by atoms with E-state index < -0.39 is 0 Å². The van der Waals surface area contributed by atoms with Crippen LogP contribution in [0.5, 0.6) is 0 Å². The van der Waals surface area contributed by atoms with Crippen molar-refractivity contribution in [3.63, 3.8) is 0 Å². The van der Waals surface area contributed by atoms with E-state index in [4.69, 9.17) is 14.7 Å². The molecule has 0 bridgehead atoms. The molecule has 2 aliphatic heterocycles. The van der Waals surface area contributed by atoms with E-state index in [2.05, 4.69) is 40.3 Å². The molecule has 1 saturated carbocycles. The zero-order valence-electron chi connectivity index (χ0n) is 16.6. The van der Waals surface area contributed by atoms with Crippen molar-refractivity contribution in [1.82, 2.24) is 15.0 Å². The highest BCUT2D eigenvalue weighted by atomic mass is 16.5. The lowest BCUT2D eigenvalue weighted by molar-refractivity contribution is 0.0845. The van der Waals surface area contributed by atoms with Crippen LogP contribution in [0.3, 0.4) is 0 Å². The highest BCUT2D eigenvalue weighted by Crippen LogP contribution is 2.40. The number of aromatic nitrogens is 3. The molecule has 6 heteroatoms. The van der Waals surface area contributed by atoms with Crippen molar-refractivity contribution in [3.05, 3.63) is 35.7 Å². The van der Waals surface area contributed by atoms with E-state index in [9.17, 15) is 0 Å². The predicted molar refractivity (Wildman–Crippen MR) is 110 cm³/mol. The molecule has 0 aromatic carbocycles. The Morgan fingerprint density at radius 1 is 1.00 bits per heavy atom. The molecule has 28 heavy (non-hydrogen) atoms. The Hall–Kier alpha value is -2.21. The predicted octanol–water partition coefficient (Wildman–Crippen LogP) is 4.38. The van der Waals surface area contributed by atoms with Crippen LogP contribution in [-0.2, 0) is 4.74 Å². The van der Waals surface area contributed by atoms with Crippen LogP contribution in [0.1, 0.15) is 68.5 Å². The summed E-state index contributed by atoms with van der Waals surface area (Å²) in [6.45, 7) is 4.94. The summed E-state index contributed by atoms with van der Waals surface area (Å²) in [5.41, 5.74) is 2.51. The summed E-state index contributed by atoms with van der Waals surface area (Å²) >= 11 is 0. The minimum Gasteiger partial charge on any atom is -0.381 e. The third kappa shape index (κ3) is 3.83. The fourth-order valence-corrected chi connectivity index (χ4v) is 4.40. The van der Waals surface area contributed by atoms with Crippen LogP contribution >= 0.6 is 0 Å². The van der Waals surface area contributed by atoms with Gasteiger partial charge in [0, 0.05) is 44.0 Å². The fourth-order valence-electron chi connectivity index (χ4n) is 4.40. The Morgan fingerprint density at radius 2 is 1.86 bits per heavy atom. The van der Waals surface area contributed by atoms with E-state index in [-0.39, 0.29) is 0 Å². The molecule has 1 aliphatic carbocycles. The number of nitrogens with zero attached hydrogens (tertiary/aromatic N) is 4. The molecule has 0 amide bonds. The van der Waals surface area contributed by atoms with Crippen molar-refractivity contribution in [2.45, 2.75) is 63.3 Å². The molecule has 0 radical (unpaired) electrons. The minimum atomic E-state index is 0.444. The number of hydrogen-bond acceptors (Lipinski definition) is 6. The smallest absolute Gasteiger partial charge is 0.227 e. The normalized spacial score (nSPS) is 23.2. The molecule has 0 unspecified atom stereocenters. The lowest BCUT2D eigenvalue weighted by Crippen LogP contribution is -2.29. The average Bonchev–Trinajstić information content (AvgIpc) is 3.49. The summed E-state index contributed by atoms with van der Waals surface area (Å²) < 4.78 is 5.56. The first-order valence-electron chi connectivity index (χ1n) is 10.7. The minimum absolute atomic E-state index is 0.444. The molecular weight excluding hydrogens is 350 g/mol. The van der Waals surface area contributed by atoms with Gasteiger partial charge >= 0.3 is 0 Å². The van der Waals surface area contributed by atoms with Gasteiger partial charge in [-0.05, 0) is 69.1 Å². The number of ether oxygens (including phenoxy) is 1. The van der Waals surface area contributed by atoms with E-state index >= 15 is 0 Å². The van der Waals surface area contributed by atoms with Crippen LogP contribution in [0.15, 0.2) is 24.4 Å². The third-order valence-electron chi connectivity index (χ3n) is 6.27. The Kier molecular flexibility index (Phi) is 4.89. The van der Waals surface area contributed by atoms with Crippen molar-refractivity contribution in [1.29, 1.82) is 0 Å². The SMILES string of the molecule is C[C@@H]1CCCN1c1nc(Nc2cc(C3CC3)ccn2)cc(C2CCOCC2)n1. The molecular formula is C22H29N5O. The first kappa shape index (κ1) is 17.9. The van der Waals surface area contributed by atoms with Gasteiger partial charge in [0.2, 0.25) is 5.95 Å². The molecule has 5 rings (SSSR count). The molecule has 6 nitrogen and oxygen atoms in total. The molecule has 1 atom stereocenters. The van der Waals surface area contributed by atoms with Crippen molar-refractivity contribution < 1.29 is 4.74 Å². The molecule has 148 valence electrons. The lowest BCUT2D eigenvalue weighted by atomic mass is 9.96. The maximum Gasteiger partial charge on any atom is 0.227 e. The largest absolute Gasteiger partial charge is 0.381 e. The van der Waals surface area contributed by atoms with Crippen molar-refractivity contribution in [2.24, 2.45) is 0 Å². The van der Waals surface area contributed by atoms with Crippen molar-refractivity contribution >= 4 is 17.6 Å². The second-order valence-corrected chi connectivity index (χ2v) is 8.42.